The fourth-order valence-corrected chi connectivity index (χ4v) is 2.65. The number of benzene rings is 1. The predicted octanol–water partition coefficient (Wildman–Crippen LogP) is 3.43. The number of carbonyl (C=O) groups excluding carboxylic acids is 2. The topological polar surface area (TPSA) is 49.4 Å². The van der Waals surface area contributed by atoms with Crippen LogP contribution in [0.15, 0.2) is 18.2 Å². The number of rotatable bonds is 3. The van der Waals surface area contributed by atoms with Gasteiger partial charge in [0.2, 0.25) is 11.8 Å². The fourth-order valence-electron chi connectivity index (χ4n) is 2.65. The van der Waals surface area contributed by atoms with Crippen LogP contribution in [0.3, 0.4) is 0 Å². The maximum Gasteiger partial charge on any atom is 0.416 e. The molecule has 1 aromatic rings. The molecular formula is C16H18F4N2O2. The Bertz CT molecular complexity index is 643. The van der Waals surface area contributed by atoms with E-state index in [1.807, 2.05) is 0 Å². The number of carbonyl (C=O) groups is 2. The number of hydrogen-bond acceptors (Lipinski definition) is 2. The molecule has 4 nitrogen and oxygen atoms in total. The van der Waals surface area contributed by atoms with Crippen LogP contribution >= 0.6 is 0 Å². The normalized spacial score (nSPS) is 18.1. The molecule has 8 heteroatoms. The molecule has 2 amide bonds. The molecule has 1 saturated heterocycles. The summed E-state index contributed by atoms with van der Waals surface area (Å²) in [4.78, 5) is 25.8. The maximum atomic E-state index is 13.7. The van der Waals surface area contributed by atoms with Gasteiger partial charge in [-0.3, -0.25) is 9.59 Å². The summed E-state index contributed by atoms with van der Waals surface area (Å²) in [5, 5.41) is 2.18. The first kappa shape index (κ1) is 18.2. The molecule has 1 heterocycles. The maximum absolute atomic E-state index is 13.7. The Labute approximate surface area is 136 Å². The number of halogens is 4. The van der Waals surface area contributed by atoms with Gasteiger partial charge in [-0.05, 0) is 31.0 Å². The summed E-state index contributed by atoms with van der Waals surface area (Å²) in [7, 11) is 0. The molecular weight excluding hydrogens is 328 g/mol. The van der Waals surface area contributed by atoms with Crippen molar-refractivity contribution in [3.05, 3.63) is 29.6 Å². The van der Waals surface area contributed by atoms with Crippen LogP contribution in [0.25, 0.3) is 0 Å². The first-order chi connectivity index (χ1) is 11.1. The van der Waals surface area contributed by atoms with Crippen molar-refractivity contribution in [2.45, 2.75) is 38.9 Å². The van der Waals surface area contributed by atoms with Gasteiger partial charge >= 0.3 is 6.18 Å². The zero-order valence-corrected chi connectivity index (χ0v) is 13.3. The van der Waals surface area contributed by atoms with E-state index in [1.165, 1.54) is 4.90 Å². The van der Waals surface area contributed by atoms with Gasteiger partial charge < -0.3 is 10.2 Å². The highest BCUT2D eigenvalue weighted by atomic mass is 19.4. The van der Waals surface area contributed by atoms with Crippen molar-refractivity contribution in [2.24, 2.45) is 5.92 Å². The predicted molar refractivity (Wildman–Crippen MR) is 79.6 cm³/mol. The van der Waals surface area contributed by atoms with Crippen molar-refractivity contribution < 1.29 is 27.2 Å². The number of anilines is 1. The Morgan fingerprint density at radius 1 is 1.29 bits per heavy atom. The zero-order chi connectivity index (χ0) is 18.1. The summed E-state index contributed by atoms with van der Waals surface area (Å²) < 4.78 is 51.8. The second-order valence-electron chi connectivity index (χ2n) is 6.03. The molecule has 0 bridgehead atoms. The molecule has 0 aromatic heterocycles. The Morgan fingerprint density at radius 2 is 1.96 bits per heavy atom. The standard InChI is InChI=1S/C16H18F4N2O2/c1-9(2)15(24)22-7-3-4-13(22)14(23)21-12-8-10(16(18,19)20)5-6-11(12)17/h5-6,8-9,13H,3-4,7H2,1-2H3,(H,21,23)/t13-/m0/s1. The van der Waals surface area contributed by atoms with Gasteiger partial charge in [0.05, 0.1) is 11.3 Å². The van der Waals surface area contributed by atoms with E-state index in [0.29, 0.717) is 37.6 Å². The van der Waals surface area contributed by atoms with E-state index in [1.54, 1.807) is 13.8 Å². The average Bonchev–Trinajstić information content (AvgIpc) is 2.96. The molecule has 0 spiro atoms. The van der Waals surface area contributed by atoms with Crippen molar-refractivity contribution in [2.75, 3.05) is 11.9 Å². The van der Waals surface area contributed by atoms with Crippen molar-refractivity contribution in [3.8, 4) is 0 Å². The highest BCUT2D eigenvalue weighted by Gasteiger charge is 2.36. The van der Waals surface area contributed by atoms with E-state index < -0.39 is 35.2 Å². The Hall–Kier alpha value is -2.12. The van der Waals surface area contributed by atoms with Crippen LogP contribution in [-0.4, -0.2) is 29.3 Å². The number of likely N-dealkylation sites (tertiary alicyclic amines) is 1. The monoisotopic (exact) mass is 346 g/mol. The van der Waals surface area contributed by atoms with Gasteiger partial charge in [-0.1, -0.05) is 13.8 Å². The van der Waals surface area contributed by atoms with Gasteiger partial charge in [0.15, 0.2) is 0 Å². The number of nitrogens with one attached hydrogen (secondary N) is 1. The molecule has 1 fully saturated rings. The summed E-state index contributed by atoms with van der Waals surface area (Å²) in [6.45, 7) is 3.80. The lowest BCUT2D eigenvalue weighted by Crippen LogP contribution is -2.44. The lowest BCUT2D eigenvalue weighted by molar-refractivity contribution is -0.139. The van der Waals surface area contributed by atoms with E-state index in [4.69, 9.17) is 0 Å². The van der Waals surface area contributed by atoms with Gasteiger partial charge in [-0.15, -0.1) is 0 Å². The summed E-state index contributed by atoms with van der Waals surface area (Å²) >= 11 is 0. The van der Waals surface area contributed by atoms with Crippen LogP contribution in [0, 0.1) is 11.7 Å². The Kier molecular flexibility index (Phi) is 5.15. The summed E-state index contributed by atoms with van der Waals surface area (Å²) in [5.74, 6) is -2.16. The molecule has 0 saturated carbocycles. The van der Waals surface area contributed by atoms with E-state index in [2.05, 4.69) is 5.32 Å². The Morgan fingerprint density at radius 3 is 2.54 bits per heavy atom. The van der Waals surface area contributed by atoms with Crippen LogP contribution in [0.1, 0.15) is 32.3 Å². The van der Waals surface area contributed by atoms with Gasteiger partial charge in [0, 0.05) is 12.5 Å². The minimum absolute atomic E-state index is 0.211. The summed E-state index contributed by atoms with van der Waals surface area (Å²) in [5.41, 5.74) is -1.60. The third kappa shape index (κ3) is 3.85. The first-order valence-electron chi connectivity index (χ1n) is 7.59. The summed E-state index contributed by atoms with van der Waals surface area (Å²) in [6.07, 6.45) is -3.63. The molecule has 0 radical (unpaired) electrons. The van der Waals surface area contributed by atoms with E-state index in [-0.39, 0.29) is 11.8 Å². The van der Waals surface area contributed by atoms with Crippen molar-refractivity contribution in [3.63, 3.8) is 0 Å². The fraction of sp³-hybridized carbons (Fsp3) is 0.500. The number of hydrogen-bond donors (Lipinski definition) is 1. The molecule has 1 aliphatic heterocycles. The van der Waals surface area contributed by atoms with Gasteiger partial charge in [0.1, 0.15) is 11.9 Å². The molecule has 24 heavy (non-hydrogen) atoms. The van der Waals surface area contributed by atoms with E-state index >= 15 is 0 Å². The van der Waals surface area contributed by atoms with E-state index in [9.17, 15) is 27.2 Å². The van der Waals surface area contributed by atoms with Crippen LogP contribution in [-0.2, 0) is 15.8 Å². The number of amides is 2. The summed E-state index contributed by atoms with van der Waals surface area (Å²) in [6, 6.07) is 1.02. The lowest BCUT2D eigenvalue weighted by atomic mass is 10.1. The number of alkyl halides is 3. The molecule has 132 valence electrons. The molecule has 1 aromatic carbocycles. The highest BCUT2D eigenvalue weighted by molar-refractivity contribution is 5.97. The quantitative estimate of drug-likeness (QED) is 0.853. The number of nitrogens with zero attached hydrogens (tertiary/aromatic N) is 1. The minimum Gasteiger partial charge on any atom is -0.330 e. The smallest absolute Gasteiger partial charge is 0.330 e. The second-order valence-corrected chi connectivity index (χ2v) is 6.03. The minimum atomic E-state index is -4.64. The van der Waals surface area contributed by atoms with Crippen molar-refractivity contribution >= 4 is 17.5 Å². The highest BCUT2D eigenvalue weighted by Crippen LogP contribution is 2.32. The van der Waals surface area contributed by atoms with Crippen LogP contribution < -0.4 is 5.32 Å². The molecule has 0 unspecified atom stereocenters. The van der Waals surface area contributed by atoms with Crippen LogP contribution in [0.5, 0.6) is 0 Å². The molecule has 2 rings (SSSR count). The first-order valence-corrected chi connectivity index (χ1v) is 7.59. The van der Waals surface area contributed by atoms with E-state index in [0.717, 1.165) is 0 Å². The van der Waals surface area contributed by atoms with Crippen LogP contribution in [0.2, 0.25) is 0 Å². The van der Waals surface area contributed by atoms with Crippen molar-refractivity contribution in [1.29, 1.82) is 0 Å². The lowest BCUT2D eigenvalue weighted by Gasteiger charge is -2.25. The molecule has 0 aliphatic carbocycles. The van der Waals surface area contributed by atoms with Gasteiger partial charge in [0.25, 0.3) is 0 Å². The average molecular weight is 346 g/mol. The molecule has 1 aliphatic rings. The van der Waals surface area contributed by atoms with Gasteiger partial charge in [-0.25, -0.2) is 4.39 Å². The largest absolute Gasteiger partial charge is 0.416 e. The molecule has 1 atom stereocenters. The van der Waals surface area contributed by atoms with Crippen molar-refractivity contribution in [1.82, 2.24) is 4.90 Å². The zero-order valence-electron chi connectivity index (χ0n) is 13.3. The SMILES string of the molecule is CC(C)C(=O)N1CCC[C@H]1C(=O)Nc1cc(C(F)(F)F)ccc1F. The van der Waals surface area contributed by atoms with Crippen LogP contribution in [0.4, 0.5) is 23.2 Å². The Balaban J connectivity index is 2.19. The second kappa shape index (κ2) is 6.78. The van der Waals surface area contributed by atoms with Gasteiger partial charge in [-0.2, -0.15) is 13.2 Å². The third-order valence-electron chi connectivity index (χ3n) is 3.88. The third-order valence-corrected chi connectivity index (χ3v) is 3.88. The molecule has 1 N–H and O–H groups in total.